The van der Waals surface area contributed by atoms with Crippen LogP contribution in [-0.2, 0) is 6.42 Å². The average Bonchev–Trinajstić information content (AvgIpc) is 3.03. The average molecular weight is 277 g/mol. The second-order valence-corrected chi connectivity index (χ2v) is 6.17. The lowest BCUT2D eigenvalue weighted by atomic mass is 9.76. The van der Waals surface area contributed by atoms with E-state index in [0.29, 0.717) is 29.9 Å². The highest BCUT2D eigenvalue weighted by Crippen LogP contribution is 2.32. The first-order valence-electron chi connectivity index (χ1n) is 7.07. The number of hydrogen-bond acceptors (Lipinski definition) is 5. The van der Waals surface area contributed by atoms with E-state index < -0.39 is 0 Å². The van der Waals surface area contributed by atoms with Crippen LogP contribution >= 0.6 is 0 Å². The second-order valence-electron chi connectivity index (χ2n) is 6.17. The Morgan fingerprint density at radius 1 is 1.30 bits per heavy atom. The van der Waals surface area contributed by atoms with Crippen LogP contribution in [0.4, 0.5) is 0 Å². The van der Waals surface area contributed by atoms with Crippen LogP contribution in [-0.4, -0.2) is 16.7 Å². The lowest BCUT2D eigenvalue weighted by Gasteiger charge is -2.30. The summed E-state index contributed by atoms with van der Waals surface area (Å²) in [5.41, 5.74) is 5.94. The van der Waals surface area contributed by atoms with E-state index >= 15 is 0 Å². The Bertz CT molecular complexity index is 511. The number of aryl methyl sites for hydroxylation is 1. The van der Waals surface area contributed by atoms with Crippen molar-refractivity contribution in [3.63, 3.8) is 0 Å². The lowest BCUT2D eigenvalue weighted by molar-refractivity contribution is 0.208. The first kappa shape index (κ1) is 14.8. The van der Waals surface area contributed by atoms with Gasteiger partial charge in [-0.05, 0) is 42.9 Å². The van der Waals surface area contributed by atoms with Crippen LogP contribution in [0.2, 0.25) is 0 Å². The van der Waals surface area contributed by atoms with Crippen molar-refractivity contribution in [1.29, 1.82) is 0 Å². The summed E-state index contributed by atoms with van der Waals surface area (Å²) in [5, 5.41) is 3.94. The molecule has 2 rings (SSSR count). The molecule has 5 heteroatoms. The molecular weight excluding hydrogens is 254 g/mol. The van der Waals surface area contributed by atoms with E-state index in [9.17, 15) is 0 Å². The van der Waals surface area contributed by atoms with E-state index in [2.05, 4.69) is 30.9 Å². The SMILES string of the molecule is CC(C)(C)C(CCN)CCc1nc(-c2ccco2)no1. The van der Waals surface area contributed by atoms with Gasteiger partial charge in [0.05, 0.1) is 6.26 Å². The van der Waals surface area contributed by atoms with Gasteiger partial charge in [0.25, 0.3) is 0 Å². The quantitative estimate of drug-likeness (QED) is 0.876. The molecule has 0 spiro atoms. The van der Waals surface area contributed by atoms with E-state index in [0.717, 1.165) is 19.3 Å². The Morgan fingerprint density at radius 3 is 2.70 bits per heavy atom. The lowest BCUT2D eigenvalue weighted by Crippen LogP contribution is -2.24. The highest BCUT2D eigenvalue weighted by Gasteiger charge is 2.24. The van der Waals surface area contributed by atoms with E-state index in [-0.39, 0.29) is 5.41 Å². The maximum Gasteiger partial charge on any atom is 0.238 e. The molecule has 110 valence electrons. The number of nitrogens with zero attached hydrogens (tertiary/aromatic N) is 2. The van der Waals surface area contributed by atoms with Gasteiger partial charge in [0.15, 0.2) is 5.76 Å². The summed E-state index contributed by atoms with van der Waals surface area (Å²) in [7, 11) is 0. The minimum absolute atomic E-state index is 0.239. The topological polar surface area (TPSA) is 78.1 Å². The first-order chi connectivity index (χ1) is 9.50. The molecule has 2 N–H and O–H groups in total. The molecule has 1 atom stereocenters. The van der Waals surface area contributed by atoms with Crippen molar-refractivity contribution in [2.24, 2.45) is 17.1 Å². The van der Waals surface area contributed by atoms with Crippen molar-refractivity contribution >= 4 is 0 Å². The van der Waals surface area contributed by atoms with Gasteiger partial charge < -0.3 is 14.7 Å². The molecule has 2 aromatic heterocycles. The molecule has 2 aromatic rings. The zero-order valence-corrected chi connectivity index (χ0v) is 12.4. The second kappa shape index (κ2) is 6.22. The fourth-order valence-electron chi connectivity index (χ4n) is 2.37. The van der Waals surface area contributed by atoms with Crippen LogP contribution in [0.15, 0.2) is 27.3 Å². The number of rotatable bonds is 6. The summed E-state index contributed by atoms with van der Waals surface area (Å²) in [6.45, 7) is 7.45. The van der Waals surface area contributed by atoms with Crippen molar-refractivity contribution in [2.45, 2.75) is 40.0 Å². The summed E-state index contributed by atoms with van der Waals surface area (Å²) in [4.78, 5) is 4.36. The van der Waals surface area contributed by atoms with Crippen LogP contribution in [0.5, 0.6) is 0 Å². The van der Waals surface area contributed by atoms with Gasteiger partial charge in [0, 0.05) is 6.42 Å². The molecule has 0 aliphatic heterocycles. The van der Waals surface area contributed by atoms with Gasteiger partial charge in [0.2, 0.25) is 11.7 Å². The third kappa shape index (κ3) is 3.70. The van der Waals surface area contributed by atoms with Crippen molar-refractivity contribution in [3.8, 4) is 11.6 Å². The van der Waals surface area contributed by atoms with E-state index in [4.69, 9.17) is 14.7 Å². The highest BCUT2D eigenvalue weighted by atomic mass is 16.5. The summed E-state index contributed by atoms with van der Waals surface area (Å²) in [6.07, 6.45) is 4.39. The van der Waals surface area contributed by atoms with Crippen LogP contribution in [0, 0.1) is 11.3 Å². The molecule has 0 aliphatic carbocycles. The molecule has 0 fully saturated rings. The molecule has 2 heterocycles. The third-order valence-corrected chi connectivity index (χ3v) is 3.66. The number of furan rings is 1. The van der Waals surface area contributed by atoms with Gasteiger partial charge in [-0.15, -0.1) is 0 Å². The molecule has 0 amide bonds. The Balaban J connectivity index is 1.97. The van der Waals surface area contributed by atoms with E-state index in [1.807, 2.05) is 12.1 Å². The minimum atomic E-state index is 0.239. The van der Waals surface area contributed by atoms with Crippen molar-refractivity contribution in [3.05, 3.63) is 24.3 Å². The third-order valence-electron chi connectivity index (χ3n) is 3.66. The fourth-order valence-corrected chi connectivity index (χ4v) is 2.37. The van der Waals surface area contributed by atoms with Gasteiger partial charge in [-0.2, -0.15) is 4.98 Å². The van der Waals surface area contributed by atoms with Crippen molar-refractivity contribution < 1.29 is 8.94 Å². The summed E-state index contributed by atoms with van der Waals surface area (Å²) < 4.78 is 10.5. The zero-order chi connectivity index (χ0) is 14.6. The molecule has 0 saturated heterocycles. The minimum Gasteiger partial charge on any atom is -0.461 e. The van der Waals surface area contributed by atoms with E-state index in [1.165, 1.54) is 0 Å². The predicted molar refractivity (Wildman–Crippen MR) is 76.9 cm³/mol. The largest absolute Gasteiger partial charge is 0.461 e. The predicted octanol–water partition coefficient (Wildman–Crippen LogP) is 3.27. The number of nitrogens with two attached hydrogens (primary N) is 1. The van der Waals surface area contributed by atoms with Gasteiger partial charge in [-0.1, -0.05) is 25.9 Å². The van der Waals surface area contributed by atoms with Crippen molar-refractivity contribution in [2.75, 3.05) is 6.54 Å². The van der Waals surface area contributed by atoms with E-state index in [1.54, 1.807) is 6.26 Å². The van der Waals surface area contributed by atoms with Crippen LogP contribution in [0.1, 0.15) is 39.5 Å². The summed E-state index contributed by atoms with van der Waals surface area (Å²) >= 11 is 0. The zero-order valence-electron chi connectivity index (χ0n) is 12.4. The monoisotopic (exact) mass is 277 g/mol. The Morgan fingerprint density at radius 2 is 2.10 bits per heavy atom. The summed E-state index contributed by atoms with van der Waals surface area (Å²) in [5.74, 6) is 2.35. The maximum atomic E-state index is 5.70. The Labute approximate surface area is 119 Å². The van der Waals surface area contributed by atoms with Gasteiger partial charge in [-0.25, -0.2) is 0 Å². The molecule has 0 bridgehead atoms. The van der Waals surface area contributed by atoms with Crippen LogP contribution < -0.4 is 5.73 Å². The molecule has 0 aliphatic rings. The normalized spacial score (nSPS) is 13.6. The Hall–Kier alpha value is -1.62. The van der Waals surface area contributed by atoms with Gasteiger partial charge in [-0.3, -0.25) is 0 Å². The molecular formula is C15H23N3O2. The fraction of sp³-hybridized carbons (Fsp3) is 0.600. The smallest absolute Gasteiger partial charge is 0.238 e. The number of aromatic nitrogens is 2. The summed E-state index contributed by atoms with van der Waals surface area (Å²) in [6, 6.07) is 3.63. The highest BCUT2D eigenvalue weighted by molar-refractivity contribution is 5.44. The molecule has 0 saturated carbocycles. The standard InChI is InChI=1S/C15H23N3O2/c1-15(2,3)11(8-9-16)6-7-13-17-14(18-20-13)12-5-4-10-19-12/h4-5,10-11H,6-9,16H2,1-3H3. The van der Waals surface area contributed by atoms with Gasteiger partial charge in [0.1, 0.15) is 0 Å². The molecule has 0 aromatic carbocycles. The van der Waals surface area contributed by atoms with Crippen molar-refractivity contribution in [1.82, 2.24) is 10.1 Å². The number of hydrogen-bond donors (Lipinski definition) is 1. The molecule has 20 heavy (non-hydrogen) atoms. The molecule has 5 nitrogen and oxygen atoms in total. The molecule has 0 radical (unpaired) electrons. The Kier molecular flexibility index (Phi) is 4.60. The van der Waals surface area contributed by atoms with Gasteiger partial charge >= 0.3 is 0 Å². The first-order valence-corrected chi connectivity index (χ1v) is 7.07. The van der Waals surface area contributed by atoms with Crippen LogP contribution in [0.3, 0.4) is 0 Å². The van der Waals surface area contributed by atoms with Crippen LogP contribution in [0.25, 0.3) is 11.6 Å². The molecule has 1 unspecified atom stereocenters. The maximum absolute atomic E-state index is 5.70.